The van der Waals surface area contributed by atoms with Crippen LogP contribution in [0.2, 0.25) is 0 Å². The zero-order chi connectivity index (χ0) is 10.4. The molecule has 0 radical (unpaired) electrons. The van der Waals surface area contributed by atoms with Gasteiger partial charge in [0.15, 0.2) is 0 Å². The molecule has 0 spiro atoms. The third-order valence-electron chi connectivity index (χ3n) is 2.11. The van der Waals surface area contributed by atoms with Crippen LogP contribution < -0.4 is 10.6 Å². The molecule has 0 aromatic rings. The Morgan fingerprint density at radius 3 is 2.86 bits per heavy atom. The zero-order valence-electron chi connectivity index (χ0n) is 8.42. The number of hydrogen-bond donors (Lipinski definition) is 2. The Balaban J connectivity index is 2.09. The summed E-state index contributed by atoms with van der Waals surface area (Å²) in [5, 5.41) is 6.04. The molecule has 0 heterocycles. The summed E-state index contributed by atoms with van der Waals surface area (Å²) < 4.78 is 0. The standard InChI is InChI=1S/C10H17ClN2O/c1-8(12-7-3-2-6-11)10(14)13-9-4-5-9/h2-3,8-9,12H,4-7H2,1H3,(H,13,14)/b3-2+. The Morgan fingerprint density at radius 1 is 1.57 bits per heavy atom. The summed E-state index contributed by atoms with van der Waals surface area (Å²) in [5.74, 6) is 0.608. The largest absolute Gasteiger partial charge is 0.352 e. The van der Waals surface area contributed by atoms with Crippen LogP contribution in [-0.2, 0) is 4.79 Å². The number of halogens is 1. The molecule has 1 rings (SSSR count). The van der Waals surface area contributed by atoms with Gasteiger partial charge in [0.05, 0.1) is 6.04 Å². The number of carbonyl (C=O) groups excluding carboxylic acids is 1. The minimum absolute atomic E-state index is 0.0896. The molecule has 1 unspecified atom stereocenters. The normalized spacial score (nSPS) is 18.4. The third-order valence-corrected chi connectivity index (χ3v) is 2.29. The van der Waals surface area contributed by atoms with E-state index in [1.54, 1.807) is 0 Å². The smallest absolute Gasteiger partial charge is 0.237 e. The molecule has 0 aromatic carbocycles. The van der Waals surface area contributed by atoms with E-state index >= 15 is 0 Å². The SMILES string of the molecule is CC(NC/C=C/CCl)C(=O)NC1CC1. The van der Waals surface area contributed by atoms with Crippen LogP contribution in [0.5, 0.6) is 0 Å². The molecule has 1 atom stereocenters. The quantitative estimate of drug-likeness (QED) is 0.515. The Morgan fingerprint density at radius 2 is 2.29 bits per heavy atom. The van der Waals surface area contributed by atoms with Gasteiger partial charge < -0.3 is 10.6 Å². The van der Waals surface area contributed by atoms with Gasteiger partial charge in [0, 0.05) is 18.5 Å². The fourth-order valence-corrected chi connectivity index (χ4v) is 1.16. The predicted octanol–water partition coefficient (Wildman–Crippen LogP) is 1.04. The first-order valence-corrected chi connectivity index (χ1v) is 5.52. The van der Waals surface area contributed by atoms with E-state index in [2.05, 4.69) is 10.6 Å². The highest BCUT2D eigenvalue weighted by Gasteiger charge is 2.25. The fraction of sp³-hybridized carbons (Fsp3) is 0.700. The predicted molar refractivity (Wildman–Crippen MR) is 58.5 cm³/mol. The molecule has 1 saturated carbocycles. The number of amides is 1. The van der Waals surface area contributed by atoms with Gasteiger partial charge in [-0.3, -0.25) is 4.79 Å². The molecule has 3 nitrogen and oxygen atoms in total. The van der Waals surface area contributed by atoms with Crippen LogP contribution in [0.4, 0.5) is 0 Å². The molecule has 80 valence electrons. The van der Waals surface area contributed by atoms with Gasteiger partial charge >= 0.3 is 0 Å². The topological polar surface area (TPSA) is 41.1 Å². The molecular weight excluding hydrogens is 200 g/mol. The van der Waals surface area contributed by atoms with Crippen LogP contribution >= 0.6 is 11.6 Å². The summed E-state index contributed by atoms with van der Waals surface area (Å²) in [6, 6.07) is 0.306. The summed E-state index contributed by atoms with van der Waals surface area (Å²) in [5.41, 5.74) is 0. The van der Waals surface area contributed by atoms with E-state index in [1.807, 2.05) is 19.1 Å². The van der Waals surface area contributed by atoms with Crippen LogP contribution in [0.1, 0.15) is 19.8 Å². The minimum atomic E-state index is -0.129. The average molecular weight is 217 g/mol. The summed E-state index contributed by atoms with van der Waals surface area (Å²) >= 11 is 5.46. The van der Waals surface area contributed by atoms with Crippen molar-refractivity contribution in [3.05, 3.63) is 12.2 Å². The van der Waals surface area contributed by atoms with Crippen molar-refractivity contribution in [2.24, 2.45) is 0 Å². The molecule has 0 aliphatic heterocycles. The Bertz CT molecular complexity index is 214. The van der Waals surface area contributed by atoms with Gasteiger partial charge in [0.2, 0.25) is 5.91 Å². The molecule has 1 amide bonds. The molecule has 0 aromatic heterocycles. The highest BCUT2D eigenvalue weighted by Crippen LogP contribution is 2.18. The Labute approximate surface area is 89.9 Å². The summed E-state index contributed by atoms with van der Waals surface area (Å²) in [7, 11) is 0. The molecule has 4 heteroatoms. The van der Waals surface area contributed by atoms with Crippen LogP contribution in [0.15, 0.2) is 12.2 Å². The number of allylic oxidation sites excluding steroid dienone is 1. The van der Waals surface area contributed by atoms with Crippen LogP contribution in [0.25, 0.3) is 0 Å². The van der Waals surface area contributed by atoms with E-state index in [0.29, 0.717) is 18.5 Å². The first-order chi connectivity index (χ1) is 6.74. The number of hydrogen-bond acceptors (Lipinski definition) is 2. The molecule has 1 aliphatic rings. The van der Waals surface area contributed by atoms with Gasteiger partial charge in [-0.15, -0.1) is 11.6 Å². The van der Waals surface area contributed by atoms with Crippen molar-refractivity contribution in [2.75, 3.05) is 12.4 Å². The summed E-state index contributed by atoms with van der Waals surface area (Å²) in [6.07, 6.45) is 6.04. The highest BCUT2D eigenvalue weighted by molar-refractivity contribution is 6.18. The molecule has 0 bridgehead atoms. The highest BCUT2D eigenvalue weighted by atomic mass is 35.5. The maximum absolute atomic E-state index is 11.4. The van der Waals surface area contributed by atoms with Crippen LogP contribution in [-0.4, -0.2) is 30.4 Å². The molecule has 14 heavy (non-hydrogen) atoms. The van der Waals surface area contributed by atoms with E-state index in [4.69, 9.17) is 11.6 Å². The van der Waals surface area contributed by atoms with Crippen LogP contribution in [0, 0.1) is 0 Å². The van der Waals surface area contributed by atoms with E-state index in [-0.39, 0.29) is 11.9 Å². The van der Waals surface area contributed by atoms with Crippen molar-refractivity contribution < 1.29 is 4.79 Å². The van der Waals surface area contributed by atoms with Gasteiger partial charge in [-0.2, -0.15) is 0 Å². The van der Waals surface area contributed by atoms with Crippen molar-refractivity contribution in [3.8, 4) is 0 Å². The zero-order valence-corrected chi connectivity index (χ0v) is 9.18. The molecule has 1 aliphatic carbocycles. The second-order valence-corrected chi connectivity index (χ2v) is 3.85. The van der Waals surface area contributed by atoms with Gasteiger partial charge in [0.25, 0.3) is 0 Å². The molecular formula is C10H17ClN2O. The van der Waals surface area contributed by atoms with Crippen LogP contribution in [0.3, 0.4) is 0 Å². The van der Waals surface area contributed by atoms with Gasteiger partial charge in [-0.05, 0) is 19.8 Å². The second kappa shape index (κ2) is 6.04. The molecule has 0 saturated heterocycles. The first kappa shape index (κ1) is 11.5. The average Bonchev–Trinajstić information content (AvgIpc) is 2.96. The number of rotatable bonds is 6. The maximum Gasteiger partial charge on any atom is 0.237 e. The minimum Gasteiger partial charge on any atom is -0.352 e. The Hall–Kier alpha value is -0.540. The number of alkyl halides is 1. The lowest BCUT2D eigenvalue weighted by molar-refractivity contribution is -0.122. The number of nitrogens with one attached hydrogen (secondary N) is 2. The van der Waals surface area contributed by atoms with Crippen molar-refractivity contribution in [2.45, 2.75) is 31.8 Å². The third kappa shape index (κ3) is 4.63. The van der Waals surface area contributed by atoms with Crippen molar-refractivity contribution in [1.82, 2.24) is 10.6 Å². The van der Waals surface area contributed by atoms with E-state index in [1.165, 1.54) is 0 Å². The summed E-state index contributed by atoms with van der Waals surface area (Å²) in [6.45, 7) is 2.55. The molecule has 2 N–H and O–H groups in total. The van der Waals surface area contributed by atoms with E-state index < -0.39 is 0 Å². The van der Waals surface area contributed by atoms with Gasteiger partial charge in [-0.1, -0.05) is 12.2 Å². The van der Waals surface area contributed by atoms with E-state index in [0.717, 1.165) is 12.8 Å². The Kier molecular flexibility index (Phi) is 4.98. The van der Waals surface area contributed by atoms with Crippen molar-refractivity contribution >= 4 is 17.5 Å². The first-order valence-electron chi connectivity index (χ1n) is 4.98. The number of carbonyl (C=O) groups is 1. The maximum atomic E-state index is 11.4. The van der Waals surface area contributed by atoms with Gasteiger partial charge in [0.1, 0.15) is 0 Å². The lowest BCUT2D eigenvalue weighted by Gasteiger charge is -2.11. The monoisotopic (exact) mass is 216 g/mol. The fourth-order valence-electron chi connectivity index (χ4n) is 1.04. The lowest BCUT2D eigenvalue weighted by atomic mass is 10.3. The van der Waals surface area contributed by atoms with E-state index in [9.17, 15) is 4.79 Å². The molecule has 1 fully saturated rings. The van der Waals surface area contributed by atoms with Crippen molar-refractivity contribution in [1.29, 1.82) is 0 Å². The lowest BCUT2D eigenvalue weighted by Crippen LogP contribution is -2.43. The van der Waals surface area contributed by atoms with Gasteiger partial charge in [-0.25, -0.2) is 0 Å². The summed E-state index contributed by atoms with van der Waals surface area (Å²) in [4.78, 5) is 11.4. The van der Waals surface area contributed by atoms with Crippen molar-refractivity contribution in [3.63, 3.8) is 0 Å². The second-order valence-electron chi connectivity index (χ2n) is 3.54.